The Labute approximate surface area is 74.4 Å². The number of hydrogen-bond acceptors (Lipinski definition) is 3. The van der Waals surface area contributed by atoms with Crippen LogP contribution in [0.3, 0.4) is 0 Å². The van der Waals surface area contributed by atoms with Gasteiger partial charge in [0.1, 0.15) is 0 Å². The Kier molecular flexibility index (Phi) is 3.98. The molecule has 3 nitrogen and oxygen atoms in total. The van der Waals surface area contributed by atoms with E-state index < -0.39 is 0 Å². The highest BCUT2D eigenvalue weighted by molar-refractivity contribution is 4.66. The van der Waals surface area contributed by atoms with Gasteiger partial charge in [0, 0.05) is 12.5 Å². The molecule has 1 aliphatic heterocycles. The van der Waals surface area contributed by atoms with Gasteiger partial charge in [-0.3, -0.25) is 0 Å². The van der Waals surface area contributed by atoms with Gasteiger partial charge in [0.15, 0.2) is 6.29 Å². The summed E-state index contributed by atoms with van der Waals surface area (Å²) in [5, 5.41) is 3.03. The molecule has 0 aromatic heterocycles. The summed E-state index contributed by atoms with van der Waals surface area (Å²) < 4.78 is 11.0. The van der Waals surface area contributed by atoms with E-state index in [-0.39, 0.29) is 6.29 Å². The molecule has 12 heavy (non-hydrogen) atoms. The van der Waals surface area contributed by atoms with Crippen molar-refractivity contribution in [1.29, 1.82) is 0 Å². The Bertz CT molecular complexity index is 120. The summed E-state index contributed by atoms with van der Waals surface area (Å²) in [6.07, 6.45) is -0.0370. The van der Waals surface area contributed by atoms with Crippen LogP contribution in [0.5, 0.6) is 0 Å². The predicted octanol–water partition coefficient (Wildman–Crippen LogP) is 0.851. The second kappa shape index (κ2) is 4.80. The standard InChI is InChI=1S/C9H19NO2/c1-7(2)8-5-11-9(4-10-3)12-6-8/h7-10H,4-6H2,1-3H3. The zero-order valence-electron chi connectivity index (χ0n) is 8.17. The smallest absolute Gasteiger partial charge is 0.169 e. The maximum absolute atomic E-state index is 5.51. The zero-order chi connectivity index (χ0) is 8.97. The molecule has 1 rings (SSSR count). The summed E-state index contributed by atoms with van der Waals surface area (Å²) in [7, 11) is 1.90. The largest absolute Gasteiger partial charge is 0.351 e. The van der Waals surface area contributed by atoms with Gasteiger partial charge in [-0.1, -0.05) is 13.8 Å². The van der Waals surface area contributed by atoms with Gasteiger partial charge in [0.05, 0.1) is 13.2 Å². The van der Waals surface area contributed by atoms with Gasteiger partial charge < -0.3 is 14.8 Å². The molecule has 0 aromatic rings. The highest BCUT2D eigenvalue weighted by Crippen LogP contribution is 2.17. The summed E-state index contributed by atoms with van der Waals surface area (Å²) in [6, 6.07) is 0. The van der Waals surface area contributed by atoms with Crippen LogP contribution in [0.4, 0.5) is 0 Å². The van der Waals surface area contributed by atoms with E-state index >= 15 is 0 Å². The van der Waals surface area contributed by atoms with Crippen molar-refractivity contribution in [2.75, 3.05) is 26.8 Å². The highest BCUT2D eigenvalue weighted by Gasteiger charge is 2.23. The van der Waals surface area contributed by atoms with Gasteiger partial charge in [-0.2, -0.15) is 0 Å². The molecule has 0 amide bonds. The minimum Gasteiger partial charge on any atom is -0.351 e. The molecule has 3 heteroatoms. The molecule has 0 saturated carbocycles. The molecule has 72 valence electrons. The third kappa shape index (κ3) is 2.73. The molecule has 1 heterocycles. The number of nitrogens with one attached hydrogen (secondary N) is 1. The average molecular weight is 173 g/mol. The van der Waals surface area contributed by atoms with Crippen molar-refractivity contribution in [3.05, 3.63) is 0 Å². The van der Waals surface area contributed by atoms with Crippen molar-refractivity contribution in [2.45, 2.75) is 20.1 Å². The van der Waals surface area contributed by atoms with Crippen molar-refractivity contribution in [1.82, 2.24) is 5.32 Å². The summed E-state index contributed by atoms with van der Waals surface area (Å²) in [6.45, 7) is 6.87. The Balaban J connectivity index is 2.20. The van der Waals surface area contributed by atoms with Crippen LogP contribution < -0.4 is 5.32 Å². The average Bonchev–Trinajstić information content (AvgIpc) is 2.06. The van der Waals surface area contributed by atoms with E-state index in [1.54, 1.807) is 0 Å². The summed E-state index contributed by atoms with van der Waals surface area (Å²) in [4.78, 5) is 0. The van der Waals surface area contributed by atoms with Crippen LogP contribution in [0, 0.1) is 11.8 Å². The number of likely N-dealkylation sites (N-methyl/N-ethyl adjacent to an activating group) is 1. The Morgan fingerprint density at radius 2 is 1.92 bits per heavy atom. The van der Waals surface area contributed by atoms with E-state index in [2.05, 4.69) is 19.2 Å². The molecule has 0 unspecified atom stereocenters. The normalized spacial score (nSPS) is 31.0. The zero-order valence-corrected chi connectivity index (χ0v) is 8.17. The van der Waals surface area contributed by atoms with Crippen LogP contribution in [-0.4, -0.2) is 33.1 Å². The fourth-order valence-corrected chi connectivity index (χ4v) is 1.23. The lowest BCUT2D eigenvalue weighted by Crippen LogP contribution is -2.39. The topological polar surface area (TPSA) is 30.5 Å². The molecular formula is C9H19NO2. The van der Waals surface area contributed by atoms with Gasteiger partial charge >= 0.3 is 0 Å². The number of rotatable bonds is 3. The van der Waals surface area contributed by atoms with Crippen molar-refractivity contribution in [3.63, 3.8) is 0 Å². The first-order valence-electron chi connectivity index (χ1n) is 4.62. The second-order valence-electron chi connectivity index (χ2n) is 3.66. The highest BCUT2D eigenvalue weighted by atomic mass is 16.7. The SMILES string of the molecule is CNCC1OCC(C(C)C)CO1. The fraction of sp³-hybridized carbons (Fsp3) is 1.00. The van der Waals surface area contributed by atoms with Crippen LogP contribution in [0.25, 0.3) is 0 Å². The van der Waals surface area contributed by atoms with Crippen LogP contribution in [0.15, 0.2) is 0 Å². The van der Waals surface area contributed by atoms with E-state index in [0.717, 1.165) is 19.8 Å². The molecule has 1 N–H and O–H groups in total. The van der Waals surface area contributed by atoms with Crippen LogP contribution in [0.1, 0.15) is 13.8 Å². The summed E-state index contributed by atoms with van der Waals surface area (Å²) in [5.41, 5.74) is 0. The Hall–Kier alpha value is -0.120. The molecule has 0 atom stereocenters. The monoisotopic (exact) mass is 173 g/mol. The second-order valence-corrected chi connectivity index (χ2v) is 3.66. The predicted molar refractivity (Wildman–Crippen MR) is 47.9 cm³/mol. The van der Waals surface area contributed by atoms with Gasteiger partial charge in [-0.25, -0.2) is 0 Å². The molecule has 0 aromatic carbocycles. The minimum atomic E-state index is -0.0370. The van der Waals surface area contributed by atoms with Gasteiger partial charge in [0.2, 0.25) is 0 Å². The van der Waals surface area contributed by atoms with Crippen LogP contribution in [0.2, 0.25) is 0 Å². The minimum absolute atomic E-state index is 0.0370. The van der Waals surface area contributed by atoms with E-state index in [4.69, 9.17) is 9.47 Å². The van der Waals surface area contributed by atoms with E-state index in [0.29, 0.717) is 11.8 Å². The quantitative estimate of drug-likeness (QED) is 0.686. The van der Waals surface area contributed by atoms with Crippen molar-refractivity contribution in [3.8, 4) is 0 Å². The maximum Gasteiger partial charge on any atom is 0.169 e. The lowest BCUT2D eigenvalue weighted by molar-refractivity contribution is -0.202. The lowest BCUT2D eigenvalue weighted by Gasteiger charge is -2.31. The molecule has 1 saturated heterocycles. The third-order valence-corrected chi connectivity index (χ3v) is 2.31. The van der Waals surface area contributed by atoms with Gasteiger partial charge in [-0.05, 0) is 13.0 Å². The molecule has 0 aliphatic carbocycles. The van der Waals surface area contributed by atoms with Gasteiger partial charge in [-0.15, -0.1) is 0 Å². The van der Waals surface area contributed by atoms with Gasteiger partial charge in [0.25, 0.3) is 0 Å². The van der Waals surface area contributed by atoms with Crippen LogP contribution in [-0.2, 0) is 9.47 Å². The van der Waals surface area contributed by atoms with Crippen molar-refractivity contribution in [2.24, 2.45) is 11.8 Å². The first kappa shape index (κ1) is 9.96. The molecule has 0 radical (unpaired) electrons. The lowest BCUT2D eigenvalue weighted by atomic mass is 9.97. The van der Waals surface area contributed by atoms with E-state index in [1.165, 1.54) is 0 Å². The van der Waals surface area contributed by atoms with Crippen molar-refractivity contribution < 1.29 is 9.47 Å². The van der Waals surface area contributed by atoms with E-state index in [9.17, 15) is 0 Å². The molecule has 1 fully saturated rings. The molecule has 1 aliphatic rings. The molecule has 0 spiro atoms. The Morgan fingerprint density at radius 3 is 2.33 bits per heavy atom. The fourth-order valence-electron chi connectivity index (χ4n) is 1.23. The third-order valence-electron chi connectivity index (χ3n) is 2.31. The number of hydrogen-bond donors (Lipinski definition) is 1. The maximum atomic E-state index is 5.51. The van der Waals surface area contributed by atoms with E-state index in [1.807, 2.05) is 7.05 Å². The molecular weight excluding hydrogens is 154 g/mol. The first-order valence-corrected chi connectivity index (χ1v) is 4.62. The van der Waals surface area contributed by atoms with Crippen LogP contribution >= 0.6 is 0 Å². The molecule has 0 bridgehead atoms. The van der Waals surface area contributed by atoms with Crippen molar-refractivity contribution >= 4 is 0 Å². The first-order chi connectivity index (χ1) is 5.74. The summed E-state index contributed by atoms with van der Waals surface area (Å²) in [5.74, 6) is 1.22. The number of ether oxygens (including phenoxy) is 2. The Morgan fingerprint density at radius 1 is 1.33 bits per heavy atom. The summed E-state index contributed by atoms with van der Waals surface area (Å²) >= 11 is 0.